The molecule has 43 heavy (non-hydrogen) atoms. The lowest BCUT2D eigenvalue weighted by Gasteiger charge is -2.52. The molecular weight excluding hydrogens is 572 g/mol. The minimum atomic E-state index is -0.926. The highest BCUT2D eigenvalue weighted by Gasteiger charge is 2.54. The van der Waals surface area contributed by atoms with E-state index in [2.05, 4.69) is 22.5 Å². The quantitative estimate of drug-likeness (QED) is 0.302. The summed E-state index contributed by atoms with van der Waals surface area (Å²) in [5.74, 6) is -0.718. The first-order chi connectivity index (χ1) is 20.0. The summed E-state index contributed by atoms with van der Waals surface area (Å²) < 4.78 is 1.88. The summed E-state index contributed by atoms with van der Waals surface area (Å²) in [6.07, 6.45) is 1.86. The third-order valence-electron chi connectivity index (χ3n) is 8.80. The molecule has 4 N–H and O–H groups in total. The van der Waals surface area contributed by atoms with Gasteiger partial charge in [-0.3, -0.25) is 19.3 Å². The van der Waals surface area contributed by atoms with Crippen molar-refractivity contribution < 1.29 is 24.6 Å². The van der Waals surface area contributed by atoms with Gasteiger partial charge in [0.1, 0.15) is 11.6 Å². The molecule has 0 radical (unpaired) electrons. The van der Waals surface area contributed by atoms with E-state index < -0.39 is 17.7 Å². The number of piperidine rings is 1. The summed E-state index contributed by atoms with van der Waals surface area (Å²) in [5, 5.41) is 29.9. The fourth-order valence-electron chi connectivity index (χ4n) is 6.08. The van der Waals surface area contributed by atoms with E-state index in [-0.39, 0.29) is 49.2 Å². The second-order valence-corrected chi connectivity index (χ2v) is 11.9. The number of aliphatic hydroxyl groups excluding tert-OH is 2. The summed E-state index contributed by atoms with van der Waals surface area (Å²) in [6, 6.07) is 6.30. The molecular formula is C31H47ClN6O5. The van der Waals surface area contributed by atoms with Gasteiger partial charge >= 0.3 is 0 Å². The first kappa shape index (κ1) is 34.5. The number of piperazine rings is 1. The van der Waals surface area contributed by atoms with E-state index in [1.165, 1.54) is 0 Å². The molecule has 0 saturated carbocycles. The number of carbonyl (C=O) groups is 3. The number of aromatic nitrogens is 2. The van der Waals surface area contributed by atoms with Crippen LogP contribution >= 0.6 is 12.4 Å². The predicted molar refractivity (Wildman–Crippen MR) is 166 cm³/mol. The zero-order valence-electron chi connectivity index (χ0n) is 25.9. The molecule has 1 aromatic carbocycles. The molecule has 2 atom stereocenters. The first-order valence-electron chi connectivity index (χ1n) is 15.1. The number of aryl methyl sites for hydroxylation is 1. The normalized spacial score (nSPS) is 19.3. The Morgan fingerprint density at radius 2 is 1.81 bits per heavy atom. The van der Waals surface area contributed by atoms with Crippen LogP contribution in [0.15, 0.2) is 24.3 Å². The van der Waals surface area contributed by atoms with Gasteiger partial charge < -0.3 is 25.7 Å². The lowest BCUT2D eigenvalue weighted by Crippen LogP contribution is -2.74. The number of hydrogen-bond donors (Lipinski definition) is 4. The highest BCUT2D eigenvalue weighted by Crippen LogP contribution is 2.35. The first-order valence-corrected chi connectivity index (χ1v) is 15.1. The van der Waals surface area contributed by atoms with Crippen molar-refractivity contribution in [3.05, 3.63) is 46.8 Å². The molecule has 12 heteroatoms. The van der Waals surface area contributed by atoms with Crippen molar-refractivity contribution in [3.8, 4) is 5.69 Å². The second-order valence-electron chi connectivity index (χ2n) is 11.9. The average molecular weight is 619 g/mol. The summed E-state index contributed by atoms with van der Waals surface area (Å²) >= 11 is 0. The van der Waals surface area contributed by atoms with Crippen LogP contribution in [-0.2, 0) is 16.1 Å². The van der Waals surface area contributed by atoms with E-state index in [0.717, 1.165) is 35.5 Å². The molecule has 1 aromatic heterocycles. The van der Waals surface area contributed by atoms with E-state index in [9.17, 15) is 19.5 Å². The van der Waals surface area contributed by atoms with Gasteiger partial charge in [0.05, 0.1) is 24.1 Å². The minimum Gasteiger partial charge on any atom is -0.395 e. The molecule has 2 saturated heterocycles. The molecule has 2 fully saturated rings. The van der Waals surface area contributed by atoms with Crippen LogP contribution in [0.2, 0.25) is 0 Å². The fraction of sp³-hybridized carbons (Fsp3) is 0.613. The molecule has 2 aromatic rings. The Labute approximate surface area is 260 Å². The highest BCUT2D eigenvalue weighted by molar-refractivity contribution is 6.00. The van der Waals surface area contributed by atoms with Crippen LogP contribution in [-0.4, -0.2) is 98.0 Å². The Kier molecular flexibility index (Phi) is 11.8. The second kappa shape index (κ2) is 14.7. The molecule has 238 valence electrons. The van der Waals surface area contributed by atoms with Gasteiger partial charge in [-0.2, -0.15) is 5.10 Å². The van der Waals surface area contributed by atoms with Crippen LogP contribution in [0.1, 0.15) is 73.8 Å². The van der Waals surface area contributed by atoms with Crippen LogP contribution in [0.4, 0.5) is 0 Å². The number of hydrogen-bond acceptors (Lipinski definition) is 7. The Balaban J connectivity index is 0.00000506. The van der Waals surface area contributed by atoms with E-state index in [4.69, 9.17) is 10.2 Å². The van der Waals surface area contributed by atoms with Crippen molar-refractivity contribution in [2.75, 3.05) is 32.8 Å². The lowest BCUT2D eigenvalue weighted by molar-refractivity contribution is -0.165. The average Bonchev–Trinajstić information content (AvgIpc) is 3.26. The van der Waals surface area contributed by atoms with Crippen molar-refractivity contribution in [1.82, 2.24) is 30.2 Å². The number of carbonyl (C=O) groups excluding carboxylic acids is 3. The third-order valence-corrected chi connectivity index (χ3v) is 8.80. The molecule has 0 aliphatic carbocycles. The van der Waals surface area contributed by atoms with Gasteiger partial charge in [0, 0.05) is 49.5 Å². The molecule has 0 unspecified atom stereocenters. The smallest absolute Gasteiger partial charge is 0.251 e. The number of likely N-dealkylation sites (tertiary alicyclic amines) is 1. The molecule has 3 heterocycles. The standard InChI is InChI=1S/C31H46N6O5.ClH/c1-6-7-15-36-29(41)26(27(39)20(2)3)33-30(42)31(36)12-16-35(17-13-31)19-25-21(4)34-37(22(25)5)24-10-8-23(9-11-24)28(40)32-14-18-38;/h8-11,20,26-27,38-39H,6-7,12-19H2,1-5H3,(H,32,40)(H,33,42);1H/t26-,27-;/m1./s1. The summed E-state index contributed by atoms with van der Waals surface area (Å²) in [6.45, 7) is 12.4. The molecule has 1 spiro atoms. The van der Waals surface area contributed by atoms with Crippen molar-refractivity contribution in [3.63, 3.8) is 0 Å². The third kappa shape index (κ3) is 7.06. The van der Waals surface area contributed by atoms with E-state index >= 15 is 0 Å². The molecule has 2 aliphatic rings. The SMILES string of the molecule is CCCCN1C(=O)[C@@H]([C@H](O)C(C)C)NC(=O)C12CCN(Cc1c(C)nn(-c3ccc(C(=O)NCCO)cc3)c1C)CC2.Cl. The van der Waals surface area contributed by atoms with Crippen LogP contribution in [0, 0.1) is 19.8 Å². The van der Waals surface area contributed by atoms with Gasteiger partial charge in [-0.25, -0.2) is 4.68 Å². The van der Waals surface area contributed by atoms with Crippen molar-refractivity contribution in [1.29, 1.82) is 0 Å². The minimum absolute atomic E-state index is 0. The zero-order chi connectivity index (χ0) is 30.6. The lowest BCUT2D eigenvalue weighted by atomic mass is 9.80. The summed E-state index contributed by atoms with van der Waals surface area (Å²) in [7, 11) is 0. The van der Waals surface area contributed by atoms with E-state index in [1.54, 1.807) is 17.0 Å². The maximum atomic E-state index is 13.6. The van der Waals surface area contributed by atoms with Crippen molar-refractivity contribution in [2.24, 2.45) is 5.92 Å². The molecule has 4 rings (SSSR count). The number of nitrogens with zero attached hydrogens (tertiary/aromatic N) is 4. The van der Waals surface area contributed by atoms with Crippen LogP contribution in [0.3, 0.4) is 0 Å². The van der Waals surface area contributed by atoms with Gasteiger partial charge in [-0.15, -0.1) is 12.4 Å². The van der Waals surface area contributed by atoms with Crippen molar-refractivity contribution in [2.45, 2.75) is 84.5 Å². The topological polar surface area (TPSA) is 140 Å². The maximum absolute atomic E-state index is 13.6. The maximum Gasteiger partial charge on any atom is 0.251 e. The number of rotatable bonds is 11. The van der Waals surface area contributed by atoms with Crippen LogP contribution in [0.5, 0.6) is 0 Å². The zero-order valence-corrected chi connectivity index (χ0v) is 26.7. The number of benzene rings is 1. The number of halogens is 1. The van der Waals surface area contributed by atoms with Gasteiger partial charge in [0.25, 0.3) is 5.91 Å². The Hall–Kier alpha value is -2.99. The van der Waals surface area contributed by atoms with E-state index in [1.807, 2.05) is 44.5 Å². The van der Waals surface area contributed by atoms with Gasteiger partial charge in [0.2, 0.25) is 11.8 Å². The molecule has 0 bridgehead atoms. The monoisotopic (exact) mass is 618 g/mol. The van der Waals surface area contributed by atoms with Gasteiger partial charge in [0.15, 0.2) is 0 Å². The Morgan fingerprint density at radius 3 is 2.40 bits per heavy atom. The predicted octanol–water partition coefficient (Wildman–Crippen LogP) is 2.11. The highest BCUT2D eigenvalue weighted by atomic mass is 35.5. The molecule has 11 nitrogen and oxygen atoms in total. The van der Waals surface area contributed by atoms with Crippen LogP contribution < -0.4 is 10.6 Å². The van der Waals surface area contributed by atoms with Gasteiger partial charge in [-0.1, -0.05) is 27.2 Å². The number of amides is 3. The fourth-order valence-corrected chi connectivity index (χ4v) is 6.08. The number of aliphatic hydroxyl groups is 2. The molecule has 2 aliphatic heterocycles. The van der Waals surface area contributed by atoms with Gasteiger partial charge in [-0.05, 0) is 63.3 Å². The Morgan fingerprint density at radius 1 is 1.16 bits per heavy atom. The summed E-state index contributed by atoms with van der Waals surface area (Å²) in [5.41, 5.74) is 3.50. The number of nitrogens with one attached hydrogen (secondary N) is 2. The van der Waals surface area contributed by atoms with Crippen LogP contribution in [0.25, 0.3) is 5.69 Å². The summed E-state index contributed by atoms with van der Waals surface area (Å²) in [4.78, 5) is 43.5. The Bertz CT molecular complexity index is 1270. The van der Waals surface area contributed by atoms with Crippen molar-refractivity contribution >= 4 is 30.1 Å². The number of unbranched alkanes of at least 4 members (excludes halogenated alkanes) is 1. The largest absolute Gasteiger partial charge is 0.395 e. The van der Waals surface area contributed by atoms with E-state index in [0.29, 0.717) is 44.6 Å². The molecule has 3 amide bonds.